The van der Waals surface area contributed by atoms with Gasteiger partial charge in [-0.1, -0.05) is 12.1 Å². The Balaban J connectivity index is 2.76. The second-order valence-corrected chi connectivity index (χ2v) is 4.47. The fraction of sp³-hybridized carbons (Fsp3) is 0.533. The van der Waals surface area contributed by atoms with Crippen molar-refractivity contribution >= 4 is 5.97 Å². The Labute approximate surface area is 120 Å². The minimum absolute atomic E-state index is 0.159. The number of carbonyl (C=O) groups excluding carboxylic acids is 1. The van der Waals surface area contributed by atoms with Crippen molar-refractivity contribution in [2.45, 2.75) is 26.3 Å². The summed E-state index contributed by atoms with van der Waals surface area (Å²) in [6.45, 7) is 6.49. The molecule has 1 unspecified atom stereocenters. The van der Waals surface area contributed by atoms with Crippen LogP contribution in [0.4, 0.5) is 0 Å². The van der Waals surface area contributed by atoms with Crippen molar-refractivity contribution in [3.63, 3.8) is 0 Å². The van der Waals surface area contributed by atoms with E-state index in [1.54, 1.807) is 20.9 Å². The van der Waals surface area contributed by atoms with Gasteiger partial charge in [-0.2, -0.15) is 0 Å². The highest BCUT2D eigenvalue weighted by atomic mass is 16.5. The van der Waals surface area contributed by atoms with E-state index in [-0.39, 0.29) is 12.6 Å². The van der Waals surface area contributed by atoms with Crippen molar-refractivity contribution in [3.8, 4) is 11.5 Å². The fourth-order valence-corrected chi connectivity index (χ4v) is 1.59. The van der Waals surface area contributed by atoms with Gasteiger partial charge in [-0.05, 0) is 40.0 Å². The Bertz CT molecular complexity index is 436. The van der Waals surface area contributed by atoms with Crippen LogP contribution in [-0.2, 0) is 9.53 Å². The number of esters is 1. The molecule has 0 fully saturated rings. The molecule has 0 saturated heterocycles. The molecule has 0 aliphatic heterocycles. The maximum atomic E-state index is 11.9. The first-order valence-corrected chi connectivity index (χ1v) is 6.78. The van der Waals surface area contributed by atoms with Gasteiger partial charge in [0.2, 0.25) is 0 Å². The van der Waals surface area contributed by atoms with E-state index in [2.05, 4.69) is 5.32 Å². The van der Waals surface area contributed by atoms with Crippen LogP contribution in [0.5, 0.6) is 11.5 Å². The van der Waals surface area contributed by atoms with Gasteiger partial charge in [0, 0.05) is 0 Å². The number of hydrogen-bond acceptors (Lipinski definition) is 5. The van der Waals surface area contributed by atoms with Gasteiger partial charge in [0.05, 0.1) is 13.2 Å². The number of carbonyl (C=O) groups is 1. The second-order valence-electron chi connectivity index (χ2n) is 4.47. The van der Waals surface area contributed by atoms with Crippen molar-refractivity contribution in [1.82, 2.24) is 5.32 Å². The van der Waals surface area contributed by atoms with E-state index in [1.807, 2.05) is 31.2 Å². The number of ether oxygens (including phenoxy) is 3. The minimum atomic E-state index is -0.894. The van der Waals surface area contributed by atoms with Gasteiger partial charge >= 0.3 is 5.97 Å². The van der Waals surface area contributed by atoms with E-state index in [4.69, 9.17) is 14.2 Å². The van der Waals surface area contributed by atoms with Gasteiger partial charge < -0.3 is 19.5 Å². The smallest absolute Gasteiger partial charge is 0.329 e. The quantitative estimate of drug-likeness (QED) is 0.739. The molecule has 0 aliphatic carbocycles. The molecule has 1 N–H and O–H groups in total. The van der Waals surface area contributed by atoms with Crippen LogP contribution < -0.4 is 14.8 Å². The molecule has 20 heavy (non-hydrogen) atoms. The van der Waals surface area contributed by atoms with Crippen LogP contribution in [0, 0.1) is 0 Å². The molecule has 0 aliphatic rings. The minimum Gasteiger partial charge on any atom is -0.490 e. The summed E-state index contributed by atoms with van der Waals surface area (Å²) < 4.78 is 16.3. The largest absolute Gasteiger partial charge is 0.490 e. The van der Waals surface area contributed by atoms with E-state index < -0.39 is 5.54 Å². The van der Waals surface area contributed by atoms with E-state index >= 15 is 0 Å². The molecule has 5 nitrogen and oxygen atoms in total. The zero-order valence-electron chi connectivity index (χ0n) is 12.6. The highest BCUT2D eigenvalue weighted by Gasteiger charge is 2.34. The van der Waals surface area contributed by atoms with Gasteiger partial charge in [-0.15, -0.1) is 0 Å². The van der Waals surface area contributed by atoms with E-state index in [0.29, 0.717) is 24.7 Å². The first-order valence-electron chi connectivity index (χ1n) is 6.78. The van der Waals surface area contributed by atoms with Crippen LogP contribution in [0.15, 0.2) is 24.3 Å². The summed E-state index contributed by atoms with van der Waals surface area (Å²) in [5.74, 6) is 0.939. The first kappa shape index (κ1) is 16.3. The molecule has 1 aromatic rings. The Hall–Kier alpha value is -1.75. The lowest BCUT2D eigenvalue weighted by Gasteiger charge is -2.27. The lowest BCUT2D eigenvalue weighted by Crippen LogP contribution is -2.53. The summed E-state index contributed by atoms with van der Waals surface area (Å²) >= 11 is 0. The summed E-state index contributed by atoms with van der Waals surface area (Å²) in [6.07, 6.45) is 0. The standard InChI is InChI=1S/C15H23NO4/c1-5-18-12-9-7-8-10-13(12)20-11-15(3,16-4)14(17)19-6-2/h7-10,16H,5-6,11H2,1-4H3. The number of nitrogens with one attached hydrogen (secondary N) is 1. The van der Waals surface area contributed by atoms with Crippen molar-refractivity contribution in [2.75, 3.05) is 26.9 Å². The average molecular weight is 281 g/mol. The number of likely N-dealkylation sites (N-methyl/N-ethyl adjacent to an activating group) is 1. The highest BCUT2D eigenvalue weighted by Crippen LogP contribution is 2.27. The predicted molar refractivity (Wildman–Crippen MR) is 77.2 cm³/mol. The summed E-state index contributed by atoms with van der Waals surface area (Å²) in [5, 5.41) is 2.94. The molecular weight excluding hydrogens is 258 g/mol. The van der Waals surface area contributed by atoms with E-state index in [1.165, 1.54) is 0 Å². The lowest BCUT2D eigenvalue weighted by atomic mass is 10.1. The Morgan fingerprint density at radius 1 is 1.15 bits per heavy atom. The Kier molecular flexibility index (Phi) is 6.31. The van der Waals surface area contributed by atoms with Gasteiger partial charge in [0.1, 0.15) is 12.1 Å². The zero-order valence-corrected chi connectivity index (χ0v) is 12.6. The second kappa shape index (κ2) is 7.75. The first-order chi connectivity index (χ1) is 9.57. The van der Waals surface area contributed by atoms with Crippen LogP contribution in [0.2, 0.25) is 0 Å². The summed E-state index contributed by atoms with van der Waals surface area (Å²) in [7, 11) is 1.70. The third-order valence-corrected chi connectivity index (χ3v) is 2.94. The summed E-state index contributed by atoms with van der Waals surface area (Å²) in [6, 6.07) is 7.38. The molecule has 1 atom stereocenters. The van der Waals surface area contributed by atoms with Crippen LogP contribution in [0.1, 0.15) is 20.8 Å². The molecule has 0 radical (unpaired) electrons. The van der Waals surface area contributed by atoms with Crippen LogP contribution >= 0.6 is 0 Å². The van der Waals surface area contributed by atoms with Crippen LogP contribution in [0.25, 0.3) is 0 Å². The number of rotatable bonds is 8. The number of hydrogen-bond donors (Lipinski definition) is 1. The van der Waals surface area contributed by atoms with E-state index in [9.17, 15) is 4.79 Å². The van der Waals surface area contributed by atoms with Gasteiger partial charge in [0.15, 0.2) is 11.5 Å². The molecular formula is C15H23NO4. The number of para-hydroxylation sites is 2. The van der Waals surface area contributed by atoms with Crippen LogP contribution in [-0.4, -0.2) is 38.4 Å². The van der Waals surface area contributed by atoms with Gasteiger partial charge in [-0.25, -0.2) is 4.79 Å². The van der Waals surface area contributed by atoms with Gasteiger partial charge in [0.25, 0.3) is 0 Å². The maximum absolute atomic E-state index is 11.9. The molecule has 0 amide bonds. The van der Waals surface area contributed by atoms with Gasteiger partial charge in [-0.3, -0.25) is 0 Å². The molecule has 1 rings (SSSR count). The molecule has 112 valence electrons. The molecule has 0 aromatic heterocycles. The lowest BCUT2D eigenvalue weighted by molar-refractivity contribution is -0.151. The van der Waals surface area contributed by atoms with Crippen molar-refractivity contribution in [3.05, 3.63) is 24.3 Å². The third-order valence-electron chi connectivity index (χ3n) is 2.94. The predicted octanol–water partition coefficient (Wildman–Crippen LogP) is 2.01. The molecule has 0 spiro atoms. The SMILES string of the molecule is CCOC(=O)C(C)(COc1ccccc1OCC)NC. The molecule has 0 saturated carbocycles. The highest BCUT2D eigenvalue weighted by molar-refractivity contribution is 5.80. The Morgan fingerprint density at radius 3 is 2.25 bits per heavy atom. The molecule has 0 heterocycles. The third kappa shape index (κ3) is 4.13. The molecule has 1 aromatic carbocycles. The fourth-order valence-electron chi connectivity index (χ4n) is 1.59. The molecule has 5 heteroatoms. The summed E-state index contributed by atoms with van der Waals surface area (Å²) in [5.41, 5.74) is -0.894. The van der Waals surface area contributed by atoms with E-state index in [0.717, 1.165) is 0 Å². The van der Waals surface area contributed by atoms with Crippen molar-refractivity contribution < 1.29 is 19.0 Å². The molecule has 0 bridgehead atoms. The topological polar surface area (TPSA) is 56.8 Å². The monoisotopic (exact) mass is 281 g/mol. The number of benzene rings is 1. The zero-order chi connectivity index (χ0) is 15.0. The van der Waals surface area contributed by atoms with Crippen LogP contribution in [0.3, 0.4) is 0 Å². The Morgan fingerprint density at radius 2 is 1.75 bits per heavy atom. The van der Waals surface area contributed by atoms with Crippen molar-refractivity contribution in [1.29, 1.82) is 0 Å². The normalized spacial score (nSPS) is 13.4. The maximum Gasteiger partial charge on any atom is 0.329 e. The van der Waals surface area contributed by atoms with Crippen molar-refractivity contribution in [2.24, 2.45) is 0 Å². The summed E-state index contributed by atoms with van der Waals surface area (Å²) in [4.78, 5) is 11.9. The average Bonchev–Trinajstić information content (AvgIpc) is 2.46.